The molecule has 1 aromatic rings. The molecule has 0 saturated heterocycles. The average molecular weight is 285 g/mol. The van der Waals surface area contributed by atoms with Crippen LogP contribution in [0.2, 0.25) is 0 Å². The van der Waals surface area contributed by atoms with E-state index in [1.54, 1.807) is 6.07 Å². The summed E-state index contributed by atoms with van der Waals surface area (Å²) in [6.07, 6.45) is 1.32. The summed E-state index contributed by atoms with van der Waals surface area (Å²) >= 11 is 3.21. The zero-order valence-corrected chi connectivity index (χ0v) is 10.7. The predicted octanol–water partition coefficient (Wildman–Crippen LogP) is 3.37. The number of hydrogen-bond acceptors (Lipinski definition) is 2. The number of nitrogens with zero attached hydrogens (tertiary/aromatic N) is 1. The molecule has 0 fully saturated rings. The second kappa shape index (κ2) is 6.62. The number of nitriles is 1. The van der Waals surface area contributed by atoms with Crippen molar-refractivity contribution in [3.05, 3.63) is 34.1 Å². The van der Waals surface area contributed by atoms with Crippen LogP contribution >= 0.6 is 15.9 Å². The van der Waals surface area contributed by atoms with Gasteiger partial charge in [-0.15, -0.1) is 0 Å². The summed E-state index contributed by atoms with van der Waals surface area (Å²) in [6, 6.07) is 7.25. The number of rotatable bonds is 5. The van der Waals surface area contributed by atoms with E-state index >= 15 is 0 Å². The Morgan fingerprint density at radius 1 is 1.56 bits per heavy atom. The number of hydrogen-bond donors (Lipinski definition) is 1. The monoisotopic (exact) mass is 284 g/mol. The summed E-state index contributed by atoms with van der Waals surface area (Å²) in [4.78, 5) is 0. The van der Waals surface area contributed by atoms with E-state index in [2.05, 4.69) is 27.3 Å². The highest BCUT2D eigenvalue weighted by Crippen LogP contribution is 2.15. The molecule has 0 aliphatic rings. The molecule has 1 atom stereocenters. The van der Waals surface area contributed by atoms with Crippen molar-refractivity contribution in [2.75, 3.05) is 0 Å². The van der Waals surface area contributed by atoms with Gasteiger partial charge in [0, 0.05) is 22.6 Å². The number of benzene rings is 1. The van der Waals surface area contributed by atoms with Crippen LogP contribution in [0.25, 0.3) is 0 Å². The van der Waals surface area contributed by atoms with Gasteiger partial charge in [-0.3, -0.25) is 0 Å². The van der Waals surface area contributed by atoms with E-state index in [0.29, 0.717) is 18.5 Å². The molecule has 0 aromatic heterocycles. The maximum atomic E-state index is 13.5. The van der Waals surface area contributed by atoms with Crippen LogP contribution < -0.4 is 5.32 Å². The van der Waals surface area contributed by atoms with Gasteiger partial charge in [0.25, 0.3) is 0 Å². The Bertz CT molecular complexity index is 387. The van der Waals surface area contributed by atoms with E-state index < -0.39 is 0 Å². The smallest absolute Gasteiger partial charge is 0.128 e. The van der Waals surface area contributed by atoms with Crippen LogP contribution in [0.15, 0.2) is 22.7 Å². The molecule has 1 unspecified atom stereocenters. The minimum atomic E-state index is -0.228. The van der Waals surface area contributed by atoms with Crippen molar-refractivity contribution in [2.45, 2.75) is 32.4 Å². The molecule has 0 bridgehead atoms. The predicted molar refractivity (Wildman–Crippen MR) is 65.2 cm³/mol. The van der Waals surface area contributed by atoms with E-state index in [0.717, 1.165) is 10.9 Å². The summed E-state index contributed by atoms with van der Waals surface area (Å²) in [5.74, 6) is -0.228. The van der Waals surface area contributed by atoms with Crippen LogP contribution in [0.3, 0.4) is 0 Å². The Hall–Kier alpha value is -0.920. The molecule has 2 nitrogen and oxygen atoms in total. The van der Waals surface area contributed by atoms with Gasteiger partial charge in [0.1, 0.15) is 5.82 Å². The van der Waals surface area contributed by atoms with Gasteiger partial charge in [0.05, 0.1) is 12.5 Å². The third-order valence-electron chi connectivity index (χ3n) is 2.43. The number of nitrogens with one attached hydrogen (secondary N) is 1. The average Bonchev–Trinajstić information content (AvgIpc) is 2.26. The molecule has 1 rings (SSSR count). The molecular weight excluding hydrogens is 271 g/mol. The van der Waals surface area contributed by atoms with Crippen molar-refractivity contribution < 1.29 is 4.39 Å². The van der Waals surface area contributed by atoms with Crippen molar-refractivity contribution >= 4 is 15.9 Å². The second-order valence-corrected chi connectivity index (χ2v) is 4.50. The lowest BCUT2D eigenvalue weighted by molar-refractivity contribution is 0.493. The molecule has 0 aliphatic heterocycles. The van der Waals surface area contributed by atoms with Gasteiger partial charge in [0.15, 0.2) is 0 Å². The molecule has 0 spiro atoms. The molecule has 0 radical (unpaired) electrons. The highest BCUT2D eigenvalue weighted by atomic mass is 79.9. The maximum absolute atomic E-state index is 13.5. The van der Waals surface area contributed by atoms with Gasteiger partial charge >= 0.3 is 0 Å². The van der Waals surface area contributed by atoms with Gasteiger partial charge < -0.3 is 5.32 Å². The van der Waals surface area contributed by atoms with Gasteiger partial charge in [-0.05, 0) is 18.6 Å². The van der Waals surface area contributed by atoms with Crippen molar-refractivity contribution in [3.63, 3.8) is 0 Å². The molecule has 86 valence electrons. The fourth-order valence-corrected chi connectivity index (χ4v) is 1.72. The van der Waals surface area contributed by atoms with E-state index in [9.17, 15) is 4.39 Å². The first-order chi connectivity index (χ1) is 7.67. The first kappa shape index (κ1) is 13.1. The first-order valence-corrected chi connectivity index (χ1v) is 6.01. The zero-order valence-electron chi connectivity index (χ0n) is 9.13. The van der Waals surface area contributed by atoms with Gasteiger partial charge in [-0.2, -0.15) is 5.26 Å². The zero-order chi connectivity index (χ0) is 12.0. The highest BCUT2D eigenvalue weighted by Gasteiger charge is 2.07. The van der Waals surface area contributed by atoms with Gasteiger partial charge in [-0.1, -0.05) is 28.9 Å². The van der Waals surface area contributed by atoms with Crippen LogP contribution in [0.5, 0.6) is 0 Å². The molecular formula is C12H14BrFN2. The minimum Gasteiger partial charge on any atom is -0.309 e. The topological polar surface area (TPSA) is 35.8 Å². The van der Waals surface area contributed by atoms with Crippen molar-refractivity contribution in [2.24, 2.45) is 0 Å². The third kappa shape index (κ3) is 3.92. The molecule has 1 N–H and O–H groups in total. The van der Waals surface area contributed by atoms with E-state index in [1.165, 1.54) is 6.07 Å². The lowest BCUT2D eigenvalue weighted by atomic mass is 10.1. The van der Waals surface area contributed by atoms with Gasteiger partial charge in [-0.25, -0.2) is 4.39 Å². The molecule has 0 saturated carbocycles. The van der Waals surface area contributed by atoms with Crippen LogP contribution in [0.4, 0.5) is 4.39 Å². The van der Waals surface area contributed by atoms with Crippen LogP contribution in [0.1, 0.15) is 25.3 Å². The Balaban J connectivity index is 2.57. The quantitative estimate of drug-likeness (QED) is 0.900. The Morgan fingerprint density at radius 3 is 2.88 bits per heavy atom. The SMILES string of the molecule is CCC(CC#N)NCc1ccc(Br)cc1F. The Morgan fingerprint density at radius 2 is 2.31 bits per heavy atom. The molecule has 0 aliphatic carbocycles. The van der Waals surface area contributed by atoms with E-state index in [1.807, 2.05) is 13.0 Å². The van der Waals surface area contributed by atoms with Crippen LogP contribution in [0, 0.1) is 17.1 Å². The summed E-state index contributed by atoms with van der Waals surface area (Å²) in [5, 5.41) is 11.8. The van der Waals surface area contributed by atoms with Crippen LogP contribution in [-0.4, -0.2) is 6.04 Å². The van der Waals surface area contributed by atoms with E-state index in [-0.39, 0.29) is 11.9 Å². The molecule has 0 amide bonds. The van der Waals surface area contributed by atoms with Gasteiger partial charge in [0.2, 0.25) is 0 Å². The normalized spacial score (nSPS) is 12.1. The Kier molecular flexibility index (Phi) is 5.44. The molecule has 4 heteroatoms. The first-order valence-electron chi connectivity index (χ1n) is 5.21. The summed E-state index contributed by atoms with van der Waals surface area (Å²) in [7, 11) is 0. The van der Waals surface area contributed by atoms with Crippen molar-refractivity contribution in [1.29, 1.82) is 5.26 Å². The fourth-order valence-electron chi connectivity index (χ4n) is 1.39. The summed E-state index contributed by atoms with van der Waals surface area (Å²) < 4.78 is 14.2. The lowest BCUT2D eigenvalue weighted by Crippen LogP contribution is -2.27. The number of halogens is 2. The summed E-state index contributed by atoms with van der Waals surface area (Å²) in [5.41, 5.74) is 0.625. The lowest BCUT2D eigenvalue weighted by Gasteiger charge is -2.13. The highest BCUT2D eigenvalue weighted by molar-refractivity contribution is 9.10. The minimum absolute atomic E-state index is 0.132. The summed E-state index contributed by atoms with van der Waals surface area (Å²) in [6.45, 7) is 2.46. The van der Waals surface area contributed by atoms with E-state index in [4.69, 9.17) is 5.26 Å². The maximum Gasteiger partial charge on any atom is 0.128 e. The van der Waals surface area contributed by atoms with Crippen LogP contribution in [-0.2, 0) is 6.54 Å². The largest absolute Gasteiger partial charge is 0.309 e. The molecule has 0 heterocycles. The Labute approximate surface area is 104 Å². The van der Waals surface area contributed by atoms with Crippen molar-refractivity contribution in [3.8, 4) is 6.07 Å². The molecule has 16 heavy (non-hydrogen) atoms. The fraction of sp³-hybridized carbons (Fsp3) is 0.417. The third-order valence-corrected chi connectivity index (χ3v) is 2.92. The second-order valence-electron chi connectivity index (χ2n) is 3.58. The standard InChI is InChI=1S/C12H14BrFN2/c1-2-11(5-6-15)16-8-9-3-4-10(13)7-12(9)14/h3-4,7,11,16H,2,5,8H2,1H3. The van der Waals surface area contributed by atoms with Crippen molar-refractivity contribution in [1.82, 2.24) is 5.32 Å². The molecule has 1 aromatic carbocycles.